The van der Waals surface area contributed by atoms with Crippen molar-refractivity contribution in [2.24, 2.45) is 5.41 Å². The van der Waals surface area contributed by atoms with Crippen molar-refractivity contribution in [3.8, 4) is 0 Å². The first-order chi connectivity index (χ1) is 14.1. The maximum Gasteiger partial charge on any atom is 0.311 e. The van der Waals surface area contributed by atoms with Gasteiger partial charge in [0.15, 0.2) is 28.7 Å². The Balaban J connectivity index is 2.14. The van der Waals surface area contributed by atoms with Crippen molar-refractivity contribution in [2.45, 2.75) is 50.5 Å². The molecule has 3 rings (SSSR count). The second-order valence-electron chi connectivity index (χ2n) is 7.82. The molecule has 6 N–H and O–H groups in total. The summed E-state index contributed by atoms with van der Waals surface area (Å²) >= 11 is 1.11. The fourth-order valence-electron chi connectivity index (χ4n) is 2.95. The third-order valence-electron chi connectivity index (χ3n) is 4.46. The molecular weight excluding hydrogens is 418 g/mol. The molecule has 4 atom stereocenters. The predicted octanol–water partition coefficient (Wildman–Crippen LogP) is -1.01. The summed E-state index contributed by atoms with van der Waals surface area (Å²) in [5.74, 6) is -0.493. The molecule has 0 bridgehead atoms. The van der Waals surface area contributed by atoms with Gasteiger partial charge in [0, 0.05) is 5.75 Å². The number of nitrogens with two attached hydrogens (primary N) is 1. The number of aliphatic hydroxyl groups excluding tert-OH is 3. The summed E-state index contributed by atoms with van der Waals surface area (Å²) in [6, 6.07) is 0. The summed E-state index contributed by atoms with van der Waals surface area (Å²) in [7, 11) is 0. The monoisotopic (exact) mass is 443 g/mol. The molecule has 12 nitrogen and oxygen atoms in total. The maximum absolute atomic E-state index is 12.5. The molecule has 1 fully saturated rings. The van der Waals surface area contributed by atoms with Crippen molar-refractivity contribution < 1.29 is 29.6 Å². The molecule has 0 aromatic carbocycles. The van der Waals surface area contributed by atoms with E-state index < -0.39 is 48.1 Å². The second-order valence-corrected chi connectivity index (χ2v) is 8.88. The van der Waals surface area contributed by atoms with E-state index in [1.54, 1.807) is 20.8 Å². The van der Waals surface area contributed by atoms with Gasteiger partial charge in [-0.25, -0.2) is 4.98 Å². The van der Waals surface area contributed by atoms with Gasteiger partial charge in [0.25, 0.3) is 5.56 Å². The first-order valence-electron chi connectivity index (χ1n) is 9.25. The number of aromatic nitrogens is 4. The van der Waals surface area contributed by atoms with Gasteiger partial charge in [-0.3, -0.25) is 19.1 Å². The molecule has 0 radical (unpaired) electrons. The Morgan fingerprint density at radius 1 is 1.37 bits per heavy atom. The number of carbonyl (C=O) groups is 1. The van der Waals surface area contributed by atoms with Crippen LogP contribution in [0.5, 0.6) is 0 Å². The van der Waals surface area contributed by atoms with Crippen molar-refractivity contribution in [3.63, 3.8) is 0 Å². The van der Waals surface area contributed by atoms with Crippen molar-refractivity contribution >= 4 is 34.8 Å². The minimum absolute atomic E-state index is 0.0314. The molecule has 166 valence electrons. The third kappa shape index (κ3) is 4.16. The number of H-pyrrole nitrogens is 1. The number of aliphatic hydroxyl groups is 3. The van der Waals surface area contributed by atoms with Crippen molar-refractivity contribution in [3.05, 3.63) is 10.4 Å². The first kappa shape index (κ1) is 22.5. The van der Waals surface area contributed by atoms with Gasteiger partial charge in [-0.2, -0.15) is 4.98 Å². The Labute approximate surface area is 175 Å². The minimum atomic E-state index is -1.33. The van der Waals surface area contributed by atoms with E-state index in [1.165, 1.54) is 4.57 Å². The van der Waals surface area contributed by atoms with Gasteiger partial charge in [-0.15, -0.1) is 0 Å². The number of nitrogens with zero attached hydrogens (tertiary/aromatic N) is 3. The van der Waals surface area contributed by atoms with Crippen LogP contribution in [-0.2, 0) is 14.3 Å². The average Bonchev–Trinajstić information content (AvgIpc) is 3.17. The Morgan fingerprint density at radius 3 is 2.67 bits per heavy atom. The smallest absolute Gasteiger partial charge is 0.311 e. The normalized spacial score (nSPS) is 24.5. The molecule has 2 aromatic heterocycles. The highest BCUT2D eigenvalue weighted by molar-refractivity contribution is 7.99. The van der Waals surface area contributed by atoms with E-state index in [-0.39, 0.29) is 34.6 Å². The number of esters is 1. The lowest BCUT2D eigenvalue weighted by atomic mass is 9.97. The van der Waals surface area contributed by atoms with E-state index in [4.69, 9.17) is 15.2 Å². The van der Waals surface area contributed by atoms with E-state index in [1.807, 2.05) is 0 Å². The van der Waals surface area contributed by atoms with Gasteiger partial charge >= 0.3 is 5.97 Å². The fourth-order valence-corrected chi connectivity index (χ4v) is 3.71. The number of imidazole rings is 1. The van der Waals surface area contributed by atoms with Gasteiger partial charge in [-0.1, -0.05) is 11.8 Å². The number of ether oxygens (including phenoxy) is 2. The van der Waals surface area contributed by atoms with E-state index in [0.29, 0.717) is 0 Å². The van der Waals surface area contributed by atoms with Crippen LogP contribution in [0.15, 0.2) is 9.95 Å². The fraction of sp³-hybridized carbons (Fsp3) is 0.647. The molecule has 0 saturated carbocycles. The van der Waals surface area contributed by atoms with Gasteiger partial charge in [0.1, 0.15) is 12.2 Å². The van der Waals surface area contributed by atoms with E-state index in [2.05, 4.69) is 15.0 Å². The molecule has 0 aliphatic carbocycles. The number of rotatable bonds is 6. The van der Waals surface area contributed by atoms with E-state index >= 15 is 0 Å². The average molecular weight is 443 g/mol. The van der Waals surface area contributed by atoms with Crippen molar-refractivity contribution in [1.29, 1.82) is 0 Å². The number of hydrogen-bond donors (Lipinski definition) is 5. The highest BCUT2D eigenvalue weighted by atomic mass is 32.2. The largest absolute Gasteiger partial charge is 0.454 e. The maximum atomic E-state index is 12.5. The Hall–Kier alpha value is -2.19. The number of nitrogen functional groups attached to an aromatic ring is 1. The lowest BCUT2D eigenvalue weighted by Gasteiger charge is -2.26. The zero-order valence-corrected chi connectivity index (χ0v) is 17.5. The summed E-state index contributed by atoms with van der Waals surface area (Å²) in [4.78, 5) is 35.5. The molecule has 1 aliphatic heterocycles. The predicted molar refractivity (Wildman–Crippen MR) is 107 cm³/mol. The number of fused-ring (bicyclic) bond motifs is 1. The SMILES string of the molecule is CC(C)(C)C(=O)O[C@@H]1[C@H](O)[C@@H](CO)O[C@H]1n1c(SCCO)nc2c(=O)[nH]c(N)nc21. The number of nitrogens with one attached hydrogen (secondary N) is 1. The standard InChI is InChI=1S/C17H25N5O7S/c1-17(2,3)14(27)29-10-9(25)7(6-24)28-13(10)22-11-8(12(26)21-15(18)20-11)19-16(22)30-5-4-23/h7,9-10,13,23-25H,4-6H2,1-3H3,(H3,18,20,21,26)/t7-,9-,10-,13-/m1/s1. The van der Waals surface area contributed by atoms with Crippen molar-refractivity contribution in [1.82, 2.24) is 19.5 Å². The van der Waals surface area contributed by atoms with Crippen LogP contribution >= 0.6 is 11.8 Å². The molecule has 0 amide bonds. The zero-order valence-electron chi connectivity index (χ0n) is 16.7. The van der Waals surface area contributed by atoms with Crippen LogP contribution in [-0.4, -0.2) is 78.1 Å². The second kappa shape index (κ2) is 8.51. The molecule has 1 saturated heterocycles. The van der Waals surface area contributed by atoms with Crippen LogP contribution in [0.2, 0.25) is 0 Å². The molecular formula is C17H25N5O7S. The van der Waals surface area contributed by atoms with E-state index in [9.17, 15) is 24.9 Å². The Morgan fingerprint density at radius 2 is 2.07 bits per heavy atom. The number of thioether (sulfide) groups is 1. The van der Waals surface area contributed by atoms with Crippen LogP contribution in [0.3, 0.4) is 0 Å². The summed E-state index contributed by atoms with van der Waals surface area (Å²) in [5, 5.41) is 29.7. The highest BCUT2D eigenvalue weighted by Gasteiger charge is 2.49. The number of anilines is 1. The Bertz CT molecular complexity index is 985. The van der Waals surface area contributed by atoms with Gasteiger partial charge in [-0.05, 0) is 20.8 Å². The summed E-state index contributed by atoms with van der Waals surface area (Å²) in [5.41, 5.74) is 4.28. The van der Waals surface area contributed by atoms with Crippen LogP contribution in [0.25, 0.3) is 11.2 Å². The van der Waals surface area contributed by atoms with Gasteiger partial charge in [0.2, 0.25) is 5.95 Å². The van der Waals surface area contributed by atoms with Crippen LogP contribution in [0.1, 0.15) is 27.0 Å². The molecule has 0 spiro atoms. The van der Waals surface area contributed by atoms with Crippen LogP contribution in [0.4, 0.5) is 5.95 Å². The third-order valence-corrected chi connectivity index (χ3v) is 5.39. The molecule has 13 heteroatoms. The molecule has 30 heavy (non-hydrogen) atoms. The topological polar surface area (TPSA) is 186 Å². The Kier molecular flexibility index (Phi) is 6.38. The molecule has 3 heterocycles. The highest BCUT2D eigenvalue weighted by Crippen LogP contribution is 2.37. The van der Waals surface area contributed by atoms with Crippen LogP contribution in [0, 0.1) is 5.41 Å². The molecule has 2 aromatic rings. The zero-order chi connectivity index (χ0) is 22.2. The number of carbonyl (C=O) groups excluding carboxylic acids is 1. The lowest BCUT2D eigenvalue weighted by Crippen LogP contribution is -2.39. The lowest BCUT2D eigenvalue weighted by molar-refractivity contribution is -0.168. The summed E-state index contributed by atoms with van der Waals surface area (Å²) in [6.45, 7) is 4.30. The van der Waals surface area contributed by atoms with Gasteiger partial charge in [0.05, 0.1) is 18.6 Å². The quantitative estimate of drug-likeness (QED) is 0.272. The van der Waals surface area contributed by atoms with Crippen LogP contribution < -0.4 is 11.3 Å². The number of aromatic amines is 1. The van der Waals surface area contributed by atoms with E-state index in [0.717, 1.165) is 11.8 Å². The summed E-state index contributed by atoms with van der Waals surface area (Å²) < 4.78 is 12.7. The molecule has 1 aliphatic rings. The summed E-state index contributed by atoms with van der Waals surface area (Å²) in [6.07, 6.45) is -4.72. The molecule has 0 unspecified atom stereocenters. The van der Waals surface area contributed by atoms with Gasteiger partial charge < -0.3 is 30.5 Å². The number of hydrogen-bond acceptors (Lipinski definition) is 11. The minimum Gasteiger partial charge on any atom is -0.454 e. The van der Waals surface area contributed by atoms with Crippen molar-refractivity contribution in [2.75, 3.05) is 24.7 Å². The first-order valence-corrected chi connectivity index (χ1v) is 10.2.